The molecule has 1 heterocycles. The minimum Gasteiger partial charge on any atom is -0.311 e. The minimum absolute atomic E-state index is 0.0439. The summed E-state index contributed by atoms with van der Waals surface area (Å²) < 4.78 is 1.88. The van der Waals surface area contributed by atoms with Gasteiger partial charge < -0.3 is 9.36 Å². The maximum Gasteiger partial charge on any atom is 0.204 e. The van der Waals surface area contributed by atoms with Crippen LogP contribution in [0.1, 0.15) is 19.4 Å². The Bertz CT molecular complexity index is 492. The quantitative estimate of drug-likeness (QED) is 0.749. The lowest BCUT2D eigenvalue weighted by molar-refractivity contribution is -0.108. The molecule has 0 saturated carbocycles. The van der Waals surface area contributed by atoms with E-state index in [2.05, 4.69) is 4.98 Å². The first-order valence-electron chi connectivity index (χ1n) is 4.80. The van der Waals surface area contributed by atoms with Gasteiger partial charge in [0.15, 0.2) is 0 Å². The van der Waals surface area contributed by atoms with Crippen LogP contribution in [0.5, 0.6) is 0 Å². The van der Waals surface area contributed by atoms with E-state index in [1.807, 2.05) is 35.8 Å². The molecule has 4 heteroatoms. The largest absolute Gasteiger partial charge is 0.311 e. The SMILES string of the molecule is CC(CC=O)n1c(Cl)nc2ccccc21. The molecule has 0 bridgehead atoms. The molecule has 2 aromatic rings. The van der Waals surface area contributed by atoms with Gasteiger partial charge in [0.05, 0.1) is 11.0 Å². The Morgan fingerprint density at radius 1 is 1.53 bits per heavy atom. The van der Waals surface area contributed by atoms with E-state index in [4.69, 9.17) is 11.6 Å². The van der Waals surface area contributed by atoms with Crippen molar-refractivity contribution in [1.29, 1.82) is 0 Å². The fourth-order valence-corrected chi connectivity index (χ4v) is 2.03. The number of hydrogen-bond acceptors (Lipinski definition) is 2. The zero-order valence-electron chi connectivity index (χ0n) is 8.35. The van der Waals surface area contributed by atoms with E-state index in [0.29, 0.717) is 11.7 Å². The predicted octanol–water partition coefficient (Wildman–Crippen LogP) is 2.84. The van der Waals surface area contributed by atoms with Crippen molar-refractivity contribution in [3.05, 3.63) is 29.5 Å². The zero-order chi connectivity index (χ0) is 10.8. The van der Waals surface area contributed by atoms with Crippen LogP contribution in [0.25, 0.3) is 11.0 Å². The second-order valence-corrected chi connectivity index (χ2v) is 3.83. The Kier molecular flexibility index (Phi) is 2.73. The lowest BCUT2D eigenvalue weighted by atomic mass is 10.2. The molecule has 1 atom stereocenters. The number of para-hydroxylation sites is 2. The molecule has 0 saturated heterocycles. The molecule has 1 unspecified atom stereocenters. The van der Waals surface area contributed by atoms with Gasteiger partial charge >= 0.3 is 0 Å². The molecule has 1 aromatic heterocycles. The van der Waals surface area contributed by atoms with Gasteiger partial charge in [0.25, 0.3) is 0 Å². The highest BCUT2D eigenvalue weighted by atomic mass is 35.5. The summed E-state index contributed by atoms with van der Waals surface area (Å²) in [6.45, 7) is 1.95. The smallest absolute Gasteiger partial charge is 0.204 e. The van der Waals surface area contributed by atoms with Crippen LogP contribution in [0.3, 0.4) is 0 Å². The summed E-state index contributed by atoms with van der Waals surface area (Å²) in [6, 6.07) is 7.76. The Morgan fingerprint density at radius 3 is 3.00 bits per heavy atom. The number of hydrogen-bond donors (Lipinski definition) is 0. The van der Waals surface area contributed by atoms with Crippen molar-refractivity contribution < 1.29 is 4.79 Å². The van der Waals surface area contributed by atoms with E-state index >= 15 is 0 Å². The number of halogens is 1. The summed E-state index contributed by atoms with van der Waals surface area (Å²) in [5.41, 5.74) is 1.83. The van der Waals surface area contributed by atoms with Crippen molar-refractivity contribution in [2.24, 2.45) is 0 Å². The number of carbonyl (C=O) groups is 1. The summed E-state index contributed by atoms with van der Waals surface area (Å²) in [7, 11) is 0. The van der Waals surface area contributed by atoms with Crippen LogP contribution in [0.15, 0.2) is 24.3 Å². The van der Waals surface area contributed by atoms with Crippen molar-refractivity contribution in [3.63, 3.8) is 0 Å². The molecule has 0 aliphatic heterocycles. The average Bonchev–Trinajstić information content (AvgIpc) is 2.54. The molecule has 0 radical (unpaired) electrons. The summed E-state index contributed by atoms with van der Waals surface area (Å²) >= 11 is 6.03. The Morgan fingerprint density at radius 2 is 2.27 bits per heavy atom. The van der Waals surface area contributed by atoms with Crippen molar-refractivity contribution >= 4 is 28.9 Å². The Labute approximate surface area is 92.7 Å². The number of aromatic nitrogens is 2. The molecule has 0 aliphatic rings. The van der Waals surface area contributed by atoms with Crippen LogP contribution >= 0.6 is 11.6 Å². The number of aldehydes is 1. The number of fused-ring (bicyclic) bond motifs is 1. The molecule has 0 fully saturated rings. The third-order valence-electron chi connectivity index (χ3n) is 2.43. The highest BCUT2D eigenvalue weighted by Gasteiger charge is 2.13. The topological polar surface area (TPSA) is 34.9 Å². The molecule has 3 nitrogen and oxygen atoms in total. The third-order valence-corrected chi connectivity index (χ3v) is 2.70. The first kappa shape index (κ1) is 10.2. The van der Waals surface area contributed by atoms with Gasteiger partial charge in [-0.25, -0.2) is 4.98 Å². The van der Waals surface area contributed by atoms with E-state index in [1.165, 1.54) is 0 Å². The maximum absolute atomic E-state index is 10.5. The molecule has 78 valence electrons. The zero-order valence-corrected chi connectivity index (χ0v) is 9.11. The standard InChI is InChI=1S/C11H11ClN2O/c1-8(6-7-15)14-10-5-3-2-4-9(10)13-11(14)12/h2-5,7-8H,6H2,1H3. The van der Waals surface area contributed by atoms with E-state index in [-0.39, 0.29) is 6.04 Å². The minimum atomic E-state index is 0.0439. The van der Waals surface area contributed by atoms with Crippen molar-refractivity contribution in [2.45, 2.75) is 19.4 Å². The molecular weight excluding hydrogens is 212 g/mol. The van der Waals surface area contributed by atoms with Crippen LogP contribution in [0, 0.1) is 0 Å². The molecule has 1 aromatic carbocycles. The predicted molar refractivity (Wildman–Crippen MR) is 60.1 cm³/mol. The van der Waals surface area contributed by atoms with Crippen LogP contribution in [0.2, 0.25) is 5.28 Å². The summed E-state index contributed by atoms with van der Waals surface area (Å²) in [6.07, 6.45) is 1.34. The first-order chi connectivity index (χ1) is 7.24. The Hall–Kier alpha value is -1.35. The number of imidazole rings is 1. The molecule has 0 aliphatic carbocycles. The summed E-state index contributed by atoms with van der Waals surface area (Å²) in [4.78, 5) is 14.7. The number of carbonyl (C=O) groups excluding carboxylic acids is 1. The van der Waals surface area contributed by atoms with Gasteiger partial charge in [-0.2, -0.15) is 0 Å². The van der Waals surface area contributed by atoms with Crippen LogP contribution in [-0.4, -0.2) is 15.8 Å². The average molecular weight is 223 g/mol. The van der Waals surface area contributed by atoms with E-state index in [9.17, 15) is 4.79 Å². The fourth-order valence-electron chi connectivity index (χ4n) is 1.68. The van der Waals surface area contributed by atoms with Crippen molar-refractivity contribution in [2.75, 3.05) is 0 Å². The lowest BCUT2D eigenvalue weighted by Crippen LogP contribution is -2.05. The third kappa shape index (κ3) is 1.75. The maximum atomic E-state index is 10.5. The summed E-state index contributed by atoms with van der Waals surface area (Å²) in [5, 5.41) is 0.436. The lowest BCUT2D eigenvalue weighted by Gasteiger charge is -2.11. The second kappa shape index (κ2) is 4.03. The van der Waals surface area contributed by atoms with Gasteiger partial charge in [-0.3, -0.25) is 0 Å². The van der Waals surface area contributed by atoms with E-state index in [0.717, 1.165) is 17.3 Å². The van der Waals surface area contributed by atoms with Crippen LogP contribution < -0.4 is 0 Å². The fraction of sp³-hybridized carbons (Fsp3) is 0.273. The first-order valence-corrected chi connectivity index (χ1v) is 5.18. The second-order valence-electron chi connectivity index (χ2n) is 3.49. The molecule has 0 amide bonds. The van der Waals surface area contributed by atoms with Gasteiger partial charge in [0.1, 0.15) is 6.29 Å². The highest BCUT2D eigenvalue weighted by molar-refractivity contribution is 6.29. The van der Waals surface area contributed by atoms with Gasteiger partial charge in [0, 0.05) is 12.5 Å². The van der Waals surface area contributed by atoms with Gasteiger partial charge in [-0.05, 0) is 30.7 Å². The molecule has 0 spiro atoms. The molecule has 15 heavy (non-hydrogen) atoms. The Balaban J connectivity index is 2.58. The molecule has 0 N–H and O–H groups in total. The van der Waals surface area contributed by atoms with Crippen LogP contribution in [-0.2, 0) is 4.79 Å². The monoisotopic (exact) mass is 222 g/mol. The van der Waals surface area contributed by atoms with Gasteiger partial charge in [-0.1, -0.05) is 12.1 Å². The number of benzene rings is 1. The molecule has 2 rings (SSSR count). The summed E-state index contributed by atoms with van der Waals surface area (Å²) in [5.74, 6) is 0. The number of nitrogens with zero attached hydrogens (tertiary/aromatic N) is 2. The van der Waals surface area contributed by atoms with E-state index < -0.39 is 0 Å². The normalized spacial score (nSPS) is 12.9. The van der Waals surface area contributed by atoms with Crippen molar-refractivity contribution in [3.8, 4) is 0 Å². The number of rotatable bonds is 3. The van der Waals surface area contributed by atoms with Crippen molar-refractivity contribution in [1.82, 2.24) is 9.55 Å². The van der Waals surface area contributed by atoms with E-state index in [1.54, 1.807) is 0 Å². The van der Waals surface area contributed by atoms with Gasteiger partial charge in [-0.15, -0.1) is 0 Å². The highest BCUT2D eigenvalue weighted by Crippen LogP contribution is 2.25. The molecular formula is C11H11ClN2O. The van der Waals surface area contributed by atoms with Gasteiger partial charge in [0.2, 0.25) is 5.28 Å². The van der Waals surface area contributed by atoms with Crippen LogP contribution in [0.4, 0.5) is 0 Å².